The van der Waals surface area contributed by atoms with Gasteiger partial charge in [0.2, 0.25) is 12.2 Å². The lowest BCUT2D eigenvalue weighted by atomic mass is 9.83. The molecule has 2 aliphatic heterocycles. The molecule has 0 unspecified atom stereocenters. The Bertz CT molecular complexity index is 1450. The van der Waals surface area contributed by atoms with Gasteiger partial charge in [0.05, 0.1) is 13.2 Å². The molecule has 46 heavy (non-hydrogen) atoms. The van der Waals surface area contributed by atoms with Crippen LogP contribution in [0.25, 0.3) is 6.08 Å². The van der Waals surface area contributed by atoms with Crippen LogP contribution in [0.4, 0.5) is 0 Å². The molecule has 0 spiro atoms. The molecule has 3 fully saturated rings. The van der Waals surface area contributed by atoms with Gasteiger partial charge in [0.1, 0.15) is 73.7 Å². The van der Waals surface area contributed by atoms with Crippen LogP contribution >= 0.6 is 0 Å². The number of aliphatic hydroxyl groups excluding tert-OH is 5. The van der Waals surface area contributed by atoms with Crippen molar-refractivity contribution in [1.29, 1.82) is 0 Å². The smallest absolute Gasteiger partial charge is 0.247 e. The molecule has 1 amide bonds. The number of hydrogen-bond acceptors (Lipinski definition) is 13. The van der Waals surface area contributed by atoms with Crippen molar-refractivity contribution in [3.63, 3.8) is 0 Å². The van der Waals surface area contributed by atoms with E-state index in [0.29, 0.717) is 22.6 Å². The summed E-state index contributed by atoms with van der Waals surface area (Å²) >= 11 is 0. The third kappa shape index (κ3) is 7.14. The fourth-order valence-electron chi connectivity index (χ4n) is 5.58. The van der Waals surface area contributed by atoms with Crippen LogP contribution in [0.1, 0.15) is 19.4 Å². The van der Waals surface area contributed by atoms with Gasteiger partial charge in [0.25, 0.3) is 0 Å². The number of carbonyl (C=O) groups is 1. The Kier molecular flexibility index (Phi) is 10.5. The fraction of sp³-hybridized carbons (Fsp3) is 0.469. The van der Waals surface area contributed by atoms with Crippen LogP contribution in [-0.2, 0) is 19.0 Å². The zero-order valence-corrected chi connectivity index (χ0v) is 25.4. The monoisotopic (exact) mass is 645 g/mol. The molecule has 0 bridgehead atoms. The Hall–Kier alpha value is -3.73. The van der Waals surface area contributed by atoms with Crippen molar-refractivity contribution in [2.75, 3.05) is 20.5 Å². The van der Waals surface area contributed by atoms with E-state index in [-0.39, 0.29) is 30.5 Å². The SMILES string of the molecule is COc1cccc(OC/C=C(\C)[C@H]2O[C@@H](Oc3ccc(/C=C(\C)C(=O)N[C@@H]4[C@H](O)[C@@H](O)[C@H]5OCO[C@H]5[C@@H]4O)cc3O)[C@@H](O)[C@@H]2O)c1. The summed E-state index contributed by atoms with van der Waals surface area (Å²) in [7, 11) is 1.56. The third-order valence-corrected chi connectivity index (χ3v) is 8.23. The van der Waals surface area contributed by atoms with Crippen LogP contribution in [0.15, 0.2) is 59.7 Å². The van der Waals surface area contributed by atoms with Crippen molar-refractivity contribution in [1.82, 2.24) is 5.32 Å². The van der Waals surface area contributed by atoms with Gasteiger partial charge in [-0.3, -0.25) is 4.79 Å². The summed E-state index contributed by atoms with van der Waals surface area (Å²) in [6, 6.07) is 10.2. The third-order valence-electron chi connectivity index (χ3n) is 8.23. The van der Waals surface area contributed by atoms with E-state index in [0.717, 1.165) is 0 Å². The molecule has 1 saturated carbocycles. The zero-order valence-electron chi connectivity index (χ0n) is 25.4. The maximum Gasteiger partial charge on any atom is 0.247 e. The first kappa shape index (κ1) is 33.6. The number of phenolic OH excluding ortho intramolecular Hbond substituents is 1. The Balaban J connectivity index is 1.18. The van der Waals surface area contributed by atoms with Gasteiger partial charge in [-0.05, 0) is 61.4 Å². The zero-order chi connectivity index (χ0) is 33.1. The molecule has 2 aromatic rings. The normalized spacial score (nSPS) is 33.0. The number of carbonyl (C=O) groups excluding carboxylic acids is 1. The number of ether oxygens (including phenoxy) is 6. The van der Waals surface area contributed by atoms with Gasteiger partial charge in [-0.15, -0.1) is 0 Å². The topological polar surface area (TPSA) is 206 Å². The average molecular weight is 646 g/mol. The van der Waals surface area contributed by atoms with Crippen LogP contribution in [0.5, 0.6) is 23.0 Å². The van der Waals surface area contributed by atoms with Crippen molar-refractivity contribution in [2.24, 2.45) is 0 Å². The number of aliphatic hydroxyl groups is 5. The summed E-state index contributed by atoms with van der Waals surface area (Å²) in [5, 5.41) is 65.7. The van der Waals surface area contributed by atoms with Crippen LogP contribution in [0.3, 0.4) is 0 Å². The minimum Gasteiger partial charge on any atom is -0.504 e. The molecular weight excluding hydrogens is 606 g/mol. The van der Waals surface area contributed by atoms with Crippen molar-refractivity contribution in [3.8, 4) is 23.0 Å². The Morgan fingerprint density at radius 3 is 2.37 bits per heavy atom. The van der Waals surface area contributed by atoms with Crippen molar-refractivity contribution in [3.05, 3.63) is 65.3 Å². The highest BCUT2D eigenvalue weighted by Gasteiger charge is 2.53. The van der Waals surface area contributed by atoms with E-state index < -0.39 is 67.1 Å². The number of hydrogen-bond donors (Lipinski definition) is 7. The predicted octanol–water partition coefficient (Wildman–Crippen LogP) is -0.0225. The maximum absolute atomic E-state index is 12.9. The average Bonchev–Trinajstić information content (AvgIpc) is 3.65. The Morgan fingerprint density at radius 1 is 0.935 bits per heavy atom. The molecule has 14 heteroatoms. The summed E-state index contributed by atoms with van der Waals surface area (Å²) in [6.45, 7) is 3.24. The number of fused-ring (bicyclic) bond motifs is 1. The highest BCUT2D eigenvalue weighted by Crippen LogP contribution is 2.34. The number of methoxy groups -OCH3 is 1. The summed E-state index contributed by atoms with van der Waals surface area (Å²) < 4.78 is 32.9. The fourth-order valence-corrected chi connectivity index (χ4v) is 5.58. The molecule has 5 rings (SSSR count). The molecule has 3 aliphatic rings. The lowest BCUT2D eigenvalue weighted by molar-refractivity contribution is -0.155. The largest absolute Gasteiger partial charge is 0.504 e. The van der Waals surface area contributed by atoms with Gasteiger partial charge in [-0.1, -0.05) is 12.1 Å². The first-order valence-corrected chi connectivity index (χ1v) is 14.7. The van der Waals surface area contributed by atoms with E-state index in [1.165, 1.54) is 25.1 Å². The van der Waals surface area contributed by atoms with E-state index in [9.17, 15) is 35.4 Å². The summed E-state index contributed by atoms with van der Waals surface area (Å²) in [4.78, 5) is 12.9. The van der Waals surface area contributed by atoms with Gasteiger partial charge in [-0.2, -0.15) is 0 Å². The maximum atomic E-state index is 12.9. The second kappa shape index (κ2) is 14.4. The first-order chi connectivity index (χ1) is 22.0. The molecule has 14 nitrogen and oxygen atoms in total. The van der Waals surface area contributed by atoms with E-state index in [1.807, 2.05) is 0 Å². The number of nitrogens with one attached hydrogen (secondary N) is 1. The molecule has 0 radical (unpaired) electrons. The first-order valence-electron chi connectivity index (χ1n) is 14.7. The van der Waals surface area contributed by atoms with E-state index in [1.54, 1.807) is 50.4 Å². The molecular formula is C32H39NO13. The van der Waals surface area contributed by atoms with Crippen molar-refractivity contribution >= 4 is 12.0 Å². The molecule has 1 aliphatic carbocycles. The van der Waals surface area contributed by atoms with Crippen LogP contribution < -0.4 is 19.5 Å². The van der Waals surface area contributed by atoms with Gasteiger partial charge < -0.3 is 64.4 Å². The summed E-state index contributed by atoms with van der Waals surface area (Å²) in [5.41, 5.74) is 1.19. The van der Waals surface area contributed by atoms with Crippen molar-refractivity contribution < 1.29 is 63.9 Å². The van der Waals surface area contributed by atoms with Crippen molar-refractivity contribution in [2.45, 2.75) is 75.0 Å². The van der Waals surface area contributed by atoms with Crippen LogP contribution in [-0.4, -0.2) is 118 Å². The number of rotatable bonds is 10. The van der Waals surface area contributed by atoms with Gasteiger partial charge in [0.15, 0.2) is 11.5 Å². The Labute approximate surface area is 265 Å². The molecule has 250 valence electrons. The van der Waals surface area contributed by atoms with E-state index in [2.05, 4.69) is 5.32 Å². The number of phenols is 1. The molecule has 10 atom stereocenters. The number of benzene rings is 2. The number of amides is 1. The number of aromatic hydroxyl groups is 1. The standard InChI is InChI=1S/C32H39NO13/c1-15(9-10-42-19-6-4-5-18(13-19)41-3)28-26(38)27(39)32(46-28)45-21-8-7-17(12-20(21)34)11-16(2)31(40)33-22-23(35)25(37)30-29(24(22)36)43-14-44-30/h4-9,11-13,22-30,32,34-39H,10,14H2,1-3H3,(H,33,40)/b15-9+,16-11+/t22-,23+,24-,25-,26+,27+,28-,29+,30-,32-/m1/s1. The van der Waals surface area contributed by atoms with Crippen LogP contribution in [0.2, 0.25) is 0 Å². The van der Waals surface area contributed by atoms with Crippen LogP contribution in [0, 0.1) is 0 Å². The second-order valence-electron chi connectivity index (χ2n) is 11.4. The van der Waals surface area contributed by atoms with E-state index in [4.69, 9.17) is 28.4 Å². The van der Waals surface area contributed by atoms with Gasteiger partial charge in [0, 0.05) is 11.6 Å². The molecule has 0 aromatic heterocycles. The lowest BCUT2D eigenvalue weighted by Crippen LogP contribution is -2.67. The predicted molar refractivity (Wildman–Crippen MR) is 160 cm³/mol. The highest BCUT2D eigenvalue weighted by atomic mass is 16.7. The lowest BCUT2D eigenvalue weighted by Gasteiger charge is -2.41. The molecule has 2 aromatic carbocycles. The second-order valence-corrected chi connectivity index (χ2v) is 11.4. The quantitative estimate of drug-likeness (QED) is 0.134. The summed E-state index contributed by atoms with van der Waals surface area (Å²) in [6.07, 6.45) is -7.73. The molecule has 7 N–H and O–H groups in total. The van der Waals surface area contributed by atoms with Gasteiger partial charge in [-0.25, -0.2) is 0 Å². The minimum atomic E-state index is -1.49. The summed E-state index contributed by atoms with van der Waals surface area (Å²) in [5.74, 6) is 0.259. The highest BCUT2D eigenvalue weighted by molar-refractivity contribution is 5.97. The molecule has 2 heterocycles. The minimum absolute atomic E-state index is 0.0325. The van der Waals surface area contributed by atoms with Gasteiger partial charge >= 0.3 is 0 Å². The molecule has 2 saturated heterocycles. The van der Waals surface area contributed by atoms with E-state index >= 15 is 0 Å². The Morgan fingerprint density at radius 2 is 1.65 bits per heavy atom.